The summed E-state index contributed by atoms with van der Waals surface area (Å²) in [6, 6.07) is 10.8. The molecule has 0 spiro atoms. The van der Waals surface area contributed by atoms with E-state index in [0.29, 0.717) is 28.1 Å². The number of benzene rings is 1. The monoisotopic (exact) mass is 357 g/mol. The molecule has 0 bridgehead atoms. The number of nitrogens with zero attached hydrogens (tertiary/aromatic N) is 6. The second-order valence-electron chi connectivity index (χ2n) is 6.18. The van der Waals surface area contributed by atoms with Crippen molar-refractivity contribution in [3.63, 3.8) is 0 Å². The molecule has 4 aromatic rings. The Morgan fingerprint density at radius 2 is 2.04 bits per heavy atom. The zero-order valence-electron chi connectivity index (χ0n) is 14.7. The standard InChI is InChI=1S/C19H15N7O/c1-11-5-14(8-20)24-26(11)18-7-15(3-4-16(18)12(2)27)25-10-23-17-6-13(21)9-22-19(17)25/h3-7,9-10H,21H2,1-2H3. The number of Topliss-reactive ketones (excluding diaryl/α,β-unsaturated/α-hetero) is 1. The average Bonchev–Trinajstić information content (AvgIpc) is 3.23. The smallest absolute Gasteiger partial charge is 0.164 e. The third-order valence-electron chi connectivity index (χ3n) is 4.28. The van der Waals surface area contributed by atoms with E-state index in [1.54, 1.807) is 35.4 Å². The van der Waals surface area contributed by atoms with Gasteiger partial charge in [0.2, 0.25) is 0 Å². The largest absolute Gasteiger partial charge is 0.397 e. The number of ketones is 1. The fourth-order valence-electron chi connectivity index (χ4n) is 3.02. The van der Waals surface area contributed by atoms with E-state index < -0.39 is 0 Å². The first-order valence-corrected chi connectivity index (χ1v) is 8.19. The first kappa shape index (κ1) is 16.5. The number of nitriles is 1. The lowest BCUT2D eigenvalue weighted by Crippen LogP contribution is -2.08. The first-order chi connectivity index (χ1) is 13.0. The summed E-state index contributed by atoms with van der Waals surface area (Å²) in [5.74, 6) is -0.0913. The van der Waals surface area contributed by atoms with Crippen LogP contribution in [0.1, 0.15) is 28.7 Å². The number of nitrogen functional groups attached to an aromatic ring is 1. The normalized spacial score (nSPS) is 10.9. The Labute approximate surface area is 154 Å². The maximum atomic E-state index is 12.1. The van der Waals surface area contributed by atoms with Gasteiger partial charge in [-0.3, -0.25) is 9.36 Å². The lowest BCUT2D eigenvalue weighted by atomic mass is 10.1. The van der Waals surface area contributed by atoms with Crippen molar-refractivity contribution in [3.05, 3.63) is 59.8 Å². The Morgan fingerprint density at radius 3 is 2.74 bits per heavy atom. The van der Waals surface area contributed by atoms with Crippen molar-refractivity contribution in [2.24, 2.45) is 0 Å². The summed E-state index contributed by atoms with van der Waals surface area (Å²) >= 11 is 0. The molecule has 8 heteroatoms. The molecule has 132 valence electrons. The van der Waals surface area contributed by atoms with Crippen molar-refractivity contribution in [3.8, 4) is 17.4 Å². The molecule has 8 nitrogen and oxygen atoms in total. The Morgan fingerprint density at radius 1 is 1.22 bits per heavy atom. The van der Waals surface area contributed by atoms with Crippen molar-refractivity contribution in [1.82, 2.24) is 24.3 Å². The molecule has 0 aliphatic heterocycles. The summed E-state index contributed by atoms with van der Waals surface area (Å²) in [7, 11) is 0. The number of rotatable bonds is 3. The molecule has 27 heavy (non-hydrogen) atoms. The van der Waals surface area contributed by atoms with Crippen LogP contribution in [0.3, 0.4) is 0 Å². The summed E-state index contributed by atoms with van der Waals surface area (Å²) in [5, 5.41) is 13.4. The number of carbonyl (C=O) groups excluding carboxylic acids is 1. The molecule has 0 unspecified atom stereocenters. The fraction of sp³-hybridized carbons (Fsp3) is 0.105. The molecule has 3 aromatic heterocycles. The van der Waals surface area contributed by atoms with Crippen LogP contribution in [-0.4, -0.2) is 30.1 Å². The van der Waals surface area contributed by atoms with Gasteiger partial charge in [0, 0.05) is 11.3 Å². The number of carbonyl (C=O) groups is 1. The van der Waals surface area contributed by atoms with Crippen molar-refractivity contribution in [1.29, 1.82) is 5.26 Å². The SMILES string of the molecule is CC(=O)c1ccc(-n2cnc3cc(N)cnc32)cc1-n1nc(C#N)cc1C. The Bertz CT molecular complexity index is 1240. The number of fused-ring (bicyclic) bond motifs is 1. The van der Waals surface area contributed by atoms with Gasteiger partial charge < -0.3 is 5.73 Å². The Hall–Kier alpha value is -3.99. The van der Waals surface area contributed by atoms with Gasteiger partial charge in [0.05, 0.1) is 23.3 Å². The molecule has 0 radical (unpaired) electrons. The van der Waals surface area contributed by atoms with Crippen molar-refractivity contribution in [2.45, 2.75) is 13.8 Å². The van der Waals surface area contributed by atoms with E-state index in [-0.39, 0.29) is 11.5 Å². The van der Waals surface area contributed by atoms with Crippen LogP contribution in [0.5, 0.6) is 0 Å². The van der Waals surface area contributed by atoms with Crippen LogP contribution in [-0.2, 0) is 0 Å². The average molecular weight is 357 g/mol. The van der Waals surface area contributed by atoms with E-state index in [0.717, 1.165) is 11.4 Å². The van der Waals surface area contributed by atoms with Gasteiger partial charge in [-0.2, -0.15) is 10.4 Å². The number of nitrogens with two attached hydrogens (primary N) is 1. The number of hydrogen-bond acceptors (Lipinski definition) is 6. The highest BCUT2D eigenvalue weighted by Crippen LogP contribution is 2.24. The van der Waals surface area contributed by atoms with Gasteiger partial charge >= 0.3 is 0 Å². The molecule has 0 aliphatic rings. The molecule has 0 atom stereocenters. The van der Waals surface area contributed by atoms with Crippen molar-refractivity contribution in [2.75, 3.05) is 5.73 Å². The van der Waals surface area contributed by atoms with Gasteiger partial charge in [0.25, 0.3) is 0 Å². The highest BCUT2D eigenvalue weighted by molar-refractivity contribution is 5.98. The van der Waals surface area contributed by atoms with Crippen LogP contribution in [0.4, 0.5) is 5.69 Å². The molecule has 0 saturated heterocycles. The van der Waals surface area contributed by atoms with Crippen LogP contribution in [0.2, 0.25) is 0 Å². The quantitative estimate of drug-likeness (QED) is 0.563. The lowest BCUT2D eigenvalue weighted by Gasteiger charge is -2.12. The highest BCUT2D eigenvalue weighted by atomic mass is 16.1. The van der Waals surface area contributed by atoms with Crippen LogP contribution in [0, 0.1) is 18.3 Å². The minimum atomic E-state index is -0.0913. The third kappa shape index (κ3) is 2.71. The van der Waals surface area contributed by atoms with Crippen LogP contribution < -0.4 is 5.73 Å². The highest BCUT2D eigenvalue weighted by Gasteiger charge is 2.16. The van der Waals surface area contributed by atoms with Gasteiger partial charge in [-0.15, -0.1) is 0 Å². The van der Waals surface area contributed by atoms with Crippen LogP contribution in [0.15, 0.2) is 42.9 Å². The van der Waals surface area contributed by atoms with E-state index in [4.69, 9.17) is 11.0 Å². The molecule has 0 saturated carbocycles. The maximum absolute atomic E-state index is 12.1. The van der Waals surface area contributed by atoms with E-state index >= 15 is 0 Å². The van der Waals surface area contributed by atoms with E-state index in [1.807, 2.05) is 29.7 Å². The molecule has 0 aliphatic carbocycles. The number of imidazole rings is 1. The predicted octanol–water partition coefficient (Wildman–Crippen LogP) is 2.57. The number of pyridine rings is 1. The number of aromatic nitrogens is 5. The number of aryl methyl sites for hydroxylation is 1. The van der Waals surface area contributed by atoms with Crippen LogP contribution >= 0.6 is 0 Å². The second-order valence-corrected chi connectivity index (χ2v) is 6.18. The minimum Gasteiger partial charge on any atom is -0.397 e. The summed E-state index contributed by atoms with van der Waals surface area (Å²) in [6.45, 7) is 3.33. The van der Waals surface area contributed by atoms with E-state index in [2.05, 4.69) is 15.1 Å². The molecule has 3 heterocycles. The topological polar surface area (TPSA) is 115 Å². The van der Waals surface area contributed by atoms with Crippen molar-refractivity contribution < 1.29 is 4.79 Å². The Balaban J connectivity index is 1.94. The zero-order chi connectivity index (χ0) is 19.1. The third-order valence-corrected chi connectivity index (χ3v) is 4.28. The van der Waals surface area contributed by atoms with Gasteiger partial charge in [-0.1, -0.05) is 0 Å². The van der Waals surface area contributed by atoms with Gasteiger partial charge in [-0.05, 0) is 44.2 Å². The minimum absolute atomic E-state index is 0.0913. The molecule has 0 fully saturated rings. The van der Waals surface area contributed by atoms with Gasteiger partial charge in [-0.25, -0.2) is 14.6 Å². The van der Waals surface area contributed by atoms with Gasteiger partial charge in [0.15, 0.2) is 17.1 Å². The second kappa shape index (κ2) is 6.07. The maximum Gasteiger partial charge on any atom is 0.164 e. The first-order valence-electron chi connectivity index (χ1n) is 8.19. The molecule has 2 N–H and O–H groups in total. The zero-order valence-corrected chi connectivity index (χ0v) is 14.7. The van der Waals surface area contributed by atoms with E-state index in [1.165, 1.54) is 6.92 Å². The number of anilines is 1. The van der Waals surface area contributed by atoms with Crippen LogP contribution in [0.25, 0.3) is 22.5 Å². The van der Waals surface area contributed by atoms with Gasteiger partial charge in [0.1, 0.15) is 17.9 Å². The molecular formula is C19H15N7O. The summed E-state index contributed by atoms with van der Waals surface area (Å²) in [6.07, 6.45) is 3.22. The molecular weight excluding hydrogens is 342 g/mol. The van der Waals surface area contributed by atoms with Crippen molar-refractivity contribution >= 4 is 22.6 Å². The van der Waals surface area contributed by atoms with E-state index in [9.17, 15) is 4.79 Å². The summed E-state index contributed by atoms with van der Waals surface area (Å²) in [5.41, 5.74) is 10.6. The Kier molecular flexibility index (Phi) is 3.70. The molecule has 4 rings (SSSR count). The number of hydrogen-bond donors (Lipinski definition) is 1. The summed E-state index contributed by atoms with van der Waals surface area (Å²) in [4.78, 5) is 20.8. The lowest BCUT2D eigenvalue weighted by molar-refractivity contribution is 0.101. The predicted molar refractivity (Wildman–Crippen MR) is 99.9 cm³/mol. The molecule has 0 amide bonds. The summed E-state index contributed by atoms with van der Waals surface area (Å²) < 4.78 is 3.41. The molecule has 1 aromatic carbocycles. The fourth-order valence-corrected chi connectivity index (χ4v) is 3.02.